The van der Waals surface area contributed by atoms with Crippen molar-refractivity contribution in [3.63, 3.8) is 0 Å². The highest BCUT2D eigenvalue weighted by molar-refractivity contribution is 7.89. The lowest BCUT2D eigenvalue weighted by atomic mass is 10.2. The Morgan fingerprint density at radius 3 is 1.88 bits per heavy atom. The lowest BCUT2D eigenvalue weighted by Crippen LogP contribution is -2.43. The van der Waals surface area contributed by atoms with Gasteiger partial charge in [0.15, 0.2) is 0 Å². The van der Waals surface area contributed by atoms with Crippen molar-refractivity contribution in [2.75, 3.05) is 25.0 Å². The van der Waals surface area contributed by atoms with Crippen LogP contribution in [-0.2, 0) is 24.8 Å². The molecule has 1 N–H and O–H groups in total. The van der Waals surface area contributed by atoms with Crippen molar-refractivity contribution in [3.8, 4) is 0 Å². The zero-order valence-corrected chi connectivity index (χ0v) is 20.6. The number of hydrogen-bond donors (Lipinski definition) is 1. The van der Waals surface area contributed by atoms with Crippen molar-refractivity contribution in [2.24, 2.45) is 0 Å². The first kappa shape index (κ1) is 25.4. The van der Waals surface area contributed by atoms with Gasteiger partial charge in [-0.2, -0.15) is 8.61 Å². The average Bonchev–Trinajstić information content (AvgIpc) is 3.33. The average molecular weight is 494 g/mol. The van der Waals surface area contributed by atoms with Crippen LogP contribution in [0.2, 0.25) is 0 Å². The van der Waals surface area contributed by atoms with E-state index in [0.717, 1.165) is 12.8 Å². The minimum Gasteiger partial charge on any atom is -0.325 e. The van der Waals surface area contributed by atoms with Gasteiger partial charge in [-0.1, -0.05) is 44.9 Å². The quantitative estimate of drug-likeness (QED) is 0.547. The SMILES string of the molecule is CCN(CC)S(=O)(=O)c1ccc(S(=O)(=O)N(CC(=O)Nc2ccccc2)C2CCCC2)cc1. The predicted molar refractivity (Wildman–Crippen MR) is 128 cm³/mol. The van der Waals surface area contributed by atoms with E-state index >= 15 is 0 Å². The molecule has 1 aliphatic rings. The molecule has 1 saturated carbocycles. The van der Waals surface area contributed by atoms with Gasteiger partial charge in [0.2, 0.25) is 26.0 Å². The Morgan fingerprint density at radius 1 is 0.848 bits per heavy atom. The van der Waals surface area contributed by atoms with Gasteiger partial charge < -0.3 is 5.32 Å². The number of sulfonamides is 2. The summed E-state index contributed by atoms with van der Waals surface area (Å²) in [5.74, 6) is -0.419. The Labute approximate surface area is 196 Å². The highest BCUT2D eigenvalue weighted by Gasteiger charge is 2.35. The maximum Gasteiger partial charge on any atom is 0.243 e. The molecule has 0 heterocycles. The molecule has 10 heteroatoms. The molecule has 3 rings (SSSR count). The van der Waals surface area contributed by atoms with Gasteiger partial charge in [0.05, 0.1) is 16.3 Å². The molecule has 0 aliphatic heterocycles. The van der Waals surface area contributed by atoms with E-state index in [9.17, 15) is 21.6 Å². The van der Waals surface area contributed by atoms with Crippen LogP contribution in [0, 0.1) is 0 Å². The Bertz CT molecular complexity index is 1140. The molecule has 33 heavy (non-hydrogen) atoms. The zero-order valence-electron chi connectivity index (χ0n) is 19.0. The minimum atomic E-state index is -4.00. The van der Waals surface area contributed by atoms with Gasteiger partial charge in [0.25, 0.3) is 0 Å². The van der Waals surface area contributed by atoms with Crippen molar-refractivity contribution < 1.29 is 21.6 Å². The van der Waals surface area contributed by atoms with Crippen LogP contribution in [0.15, 0.2) is 64.4 Å². The number of para-hydroxylation sites is 1. The predicted octanol–water partition coefficient (Wildman–Crippen LogP) is 3.29. The Kier molecular flexibility index (Phi) is 8.28. The fraction of sp³-hybridized carbons (Fsp3) is 0.435. The van der Waals surface area contributed by atoms with Crippen LogP contribution in [-0.4, -0.2) is 57.0 Å². The second-order valence-electron chi connectivity index (χ2n) is 7.96. The second kappa shape index (κ2) is 10.8. The molecule has 8 nitrogen and oxygen atoms in total. The molecule has 180 valence electrons. The van der Waals surface area contributed by atoms with Crippen molar-refractivity contribution >= 4 is 31.6 Å². The molecular formula is C23H31N3O5S2. The number of nitrogens with one attached hydrogen (secondary N) is 1. The maximum absolute atomic E-state index is 13.5. The highest BCUT2D eigenvalue weighted by Crippen LogP contribution is 2.29. The fourth-order valence-electron chi connectivity index (χ4n) is 4.10. The molecule has 0 radical (unpaired) electrons. The zero-order chi connectivity index (χ0) is 24.1. The maximum atomic E-state index is 13.5. The number of benzene rings is 2. The third-order valence-corrected chi connectivity index (χ3v) is 9.84. The Balaban J connectivity index is 1.86. The summed E-state index contributed by atoms with van der Waals surface area (Å²) >= 11 is 0. The van der Waals surface area contributed by atoms with Gasteiger partial charge in [0, 0.05) is 24.8 Å². The molecule has 0 aromatic heterocycles. The smallest absolute Gasteiger partial charge is 0.243 e. The van der Waals surface area contributed by atoms with E-state index in [1.54, 1.807) is 38.1 Å². The van der Waals surface area contributed by atoms with Crippen LogP contribution in [0.25, 0.3) is 0 Å². The summed E-state index contributed by atoms with van der Waals surface area (Å²) < 4.78 is 55.0. The molecule has 1 aliphatic carbocycles. The first-order valence-electron chi connectivity index (χ1n) is 11.2. The van der Waals surface area contributed by atoms with Crippen LogP contribution in [0.4, 0.5) is 5.69 Å². The lowest BCUT2D eigenvalue weighted by Gasteiger charge is -2.27. The molecule has 0 spiro atoms. The number of carbonyl (C=O) groups is 1. The van der Waals surface area contributed by atoms with Gasteiger partial charge >= 0.3 is 0 Å². The number of hydrogen-bond acceptors (Lipinski definition) is 5. The second-order valence-corrected chi connectivity index (χ2v) is 11.8. The summed E-state index contributed by atoms with van der Waals surface area (Å²) in [6.45, 7) is 3.84. The van der Waals surface area contributed by atoms with Gasteiger partial charge in [-0.3, -0.25) is 4.79 Å². The molecule has 0 unspecified atom stereocenters. The molecule has 0 atom stereocenters. The minimum absolute atomic E-state index is 0.0274. The van der Waals surface area contributed by atoms with Gasteiger partial charge in [-0.15, -0.1) is 0 Å². The summed E-state index contributed by atoms with van der Waals surface area (Å²) in [4.78, 5) is 12.7. The fourth-order valence-corrected chi connectivity index (χ4v) is 7.20. The molecule has 2 aromatic rings. The molecule has 2 aromatic carbocycles. The lowest BCUT2D eigenvalue weighted by molar-refractivity contribution is -0.116. The molecule has 0 saturated heterocycles. The highest BCUT2D eigenvalue weighted by atomic mass is 32.2. The Hall–Kier alpha value is -2.27. The van der Waals surface area contributed by atoms with Crippen LogP contribution < -0.4 is 5.32 Å². The summed E-state index contributed by atoms with van der Waals surface area (Å²) in [7, 11) is -7.69. The third-order valence-electron chi connectivity index (χ3n) is 5.86. The largest absolute Gasteiger partial charge is 0.325 e. The van der Waals surface area contributed by atoms with E-state index < -0.39 is 26.0 Å². The number of rotatable bonds is 10. The topological polar surface area (TPSA) is 104 Å². The molecule has 1 fully saturated rings. The van der Waals surface area contributed by atoms with Crippen molar-refractivity contribution in [1.29, 1.82) is 0 Å². The third kappa shape index (κ3) is 5.81. The van der Waals surface area contributed by atoms with E-state index in [-0.39, 0.29) is 22.4 Å². The van der Waals surface area contributed by atoms with Crippen molar-refractivity contribution in [1.82, 2.24) is 8.61 Å². The van der Waals surface area contributed by atoms with Crippen LogP contribution in [0.3, 0.4) is 0 Å². The van der Waals surface area contributed by atoms with Gasteiger partial charge in [0.1, 0.15) is 0 Å². The summed E-state index contributed by atoms with van der Waals surface area (Å²) in [5, 5.41) is 2.74. The van der Waals surface area contributed by atoms with Crippen molar-refractivity contribution in [2.45, 2.75) is 55.4 Å². The molecule has 1 amide bonds. The number of nitrogens with zero attached hydrogens (tertiary/aromatic N) is 2. The van der Waals surface area contributed by atoms with Crippen LogP contribution in [0.1, 0.15) is 39.5 Å². The van der Waals surface area contributed by atoms with E-state index in [1.165, 1.54) is 32.9 Å². The Morgan fingerprint density at radius 2 is 1.36 bits per heavy atom. The summed E-state index contributed by atoms with van der Waals surface area (Å²) in [6, 6.07) is 13.9. The van der Waals surface area contributed by atoms with E-state index in [0.29, 0.717) is 31.6 Å². The standard InChI is InChI=1S/C23H31N3O5S2/c1-3-25(4-2)32(28,29)21-14-16-22(17-15-21)33(30,31)26(20-12-8-9-13-20)18-23(27)24-19-10-6-5-7-11-19/h5-7,10-11,14-17,20H,3-4,8-9,12-13,18H2,1-2H3,(H,24,27). The van der Waals surface area contributed by atoms with Crippen LogP contribution in [0.5, 0.6) is 0 Å². The number of anilines is 1. The summed E-state index contributed by atoms with van der Waals surface area (Å²) in [6.07, 6.45) is 3.18. The number of carbonyl (C=O) groups excluding carboxylic acids is 1. The summed E-state index contributed by atoms with van der Waals surface area (Å²) in [5.41, 5.74) is 0.595. The monoisotopic (exact) mass is 493 g/mol. The normalized spacial score (nSPS) is 15.3. The van der Waals surface area contributed by atoms with Gasteiger partial charge in [-0.25, -0.2) is 16.8 Å². The van der Waals surface area contributed by atoms with E-state index in [1.807, 2.05) is 6.07 Å². The first-order valence-corrected chi connectivity index (χ1v) is 14.0. The molecular weight excluding hydrogens is 462 g/mol. The van der Waals surface area contributed by atoms with Gasteiger partial charge in [-0.05, 0) is 49.2 Å². The first-order chi connectivity index (χ1) is 15.7. The van der Waals surface area contributed by atoms with E-state index in [4.69, 9.17) is 0 Å². The van der Waals surface area contributed by atoms with Crippen molar-refractivity contribution in [3.05, 3.63) is 54.6 Å². The van der Waals surface area contributed by atoms with Crippen LogP contribution >= 0.6 is 0 Å². The number of amides is 1. The van der Waals surface area contributed by atoms with E-state index in [2.05, 4.69) is 5.32 Å². The molecule has 0 bridgehead atoms.